The second-order valence-corrected chi connectivity index (χ2v) is 8.77. The molecule has 1 unspecified atom stereocenters. The zero-order chi connectivity index (χ0) is 17.1. The Labute approximate surface area is 144 Å². The second-order valence-electron chi connectivity index (χ2n) is 8.77. The lowest BCUT2D eigenvalue weighted by molar-refractivity contribution is -0.148. The minimum atomic E-state index is -0.172. The van der Waals surface area contributed by atoms with Crippen LogP contribution in [0.25, 0.3) is 0 Å². The molecule has 0 saturated heterocycles. The third kappa shape index (κ3) is 2.16. The van der Waals surface area contributed by atoms with Gasteiger partial charge in [0.15, 0.2) is 0 Å². The molecule has 0 amide bonds. The number of hydrogen-bond donors (Lipinski definition) is 0. The summed E-state index contributed by atoms with van der Waals surface area (Å²) in [5.41, 5.74) is 3.06. The molecule has 0 N–H and O–H groups in total. The molecular weight excluding hydrogens is 300 g/mol. The van der Waals surface area contributed by atoms with E-state index in [0.717, 1.165) is 44.9 Å². The van der Waals surface area contributed by atoms with Crippen molar-refractivity contribution < 1.29 is 14.3 Å². The van der Waals surface area contributed by atoms with Gasteiger partial charge in [-0.1, -0.05) is 37.1 Å². The standard InChI is InChI=1S/C21H28O3/c1-13(22)24-15-8-10-20(2)14(12-15)4-5-16-17-6-7-19(23)21(17,3)11-9-18(16)20/h4-5,15,17-18H,6-12H2,1-3H3/t15?,17-,18-,20-,21-/m0/s1. The summed E-state index contributed by atoms with van der Waals surface area (Å²) in [7, 11) is 0. The van der Waals surface area contributed by atoms with E-state index in [1.807, 2.05) is 0 Å². The lowest BCUT2D eigenvalue weighted by Gasteiger charge is -2.53. The second kappa shape index (κ2) is 5.31. The predicted octanol–water partition coefficient (Wildman–Crippen LogP) is 4.37. The van der Waals surface area contributed by atoms with Crippen molar-refractivity contribution in [2.24, 2.45) is 22.7 Å². The number of allylic oxidation sites excluding steroid dienone is 3. The molecule has 130 valence electrons. The molecule has 0 aliphatic heterocycles. The quantitative estimate of drug-likeness (QED) is 0.671. The molecule has 3 nitrogen and oxygen atoms in total. The van der Waals surface area contributed by atoms with Crippen LogP contribution in [0.4, 0.5) is 0 Å². The molecule has 0 heterocycles. The number of fused-ring (bicyclic) bond motifs is 5. The number of ketones is 1. The van der Waals surface area contributed by atoms with Crippen LogP contribution in [0.3, 0.4) is 0 Å². The zero-order valence-electron chi connectivity index (χ0n) is 15.1. The molecule has 0 aromatic carbocycles. The van der Waals surface area contributed by atoms with Crippen LogP contribution in [0.1, 0.15) is 65.7 Å². The highest BCUT2D eigenvalue weighted by atomic mass is 16.5. The summed E-state index contributed by atoms with van der Waals surface area (Å²) in [4.78, 5) is 23.7. The van der Waals surface area contributed by atoms with Gasteiger partial charge >= 0.3 is 5.97 Å². The molecule has 24 heavy (non-hydrogen) atoms. The Morgan fingerprint density at radius 3 is 2.54 bits per heavy atom. The Bertz CT molecular complexity index is 658. The van der Waals surface area contributed by atoms with Crippen LogP contribution in [-0.2, 0) is 14.3 Å². The van der Waals surface area contributed by atoms with Crippen molar-refractivity contribution in [2.75, 3.05) is 0 Å². The Morgan fingerprint density at radius 1 is 1.08 bits per heavy atom. The Balaban J connectivity index is 1.65. The van der Waals surface area contributed by atoms with Crippen LogP contribution < -0.4 is 0 Å². The minimum absolute atomic E-state index is 0.0405. The van der Waals surface area contributed by atoms with Crippen LogP contribution in [0.5, 0.6) is 0 Å². The summed E-state index contributed by atoms with van der Waals surface area (Å²) >= 11 is 0. The van der Waals surface area contributed by atoms with Gasteiger partial charge in [0, 0.05) is 25.2 Å². The highest BCUT2D eigenvalue weighted by Gasteiger charge is 2.56. The van der Waals surface area contributed by atoms with Crippen molar-refractivity contribution in [3.63, 3.8) is 0 Å². The van der Waals surface area contributed by atoms with E-state index in [1.54, 1.807) is 0 Å². The molecule has 0 spiro atoms. The van der Waals surface area contributed by atoms with Gasteiger partial charge in [-0.25, -0.2) is 0 Å². The number of esters is 1. The predicted molar refractivity (Wildman–Crippen MR) is 92.2 cm³/mol. The molecule has 0 aromatic rings. The Kier molecular flexibility index (Phi) is 3.56. The number of ether oxygens (including phenoxy) is 1. The third-order valence-corrected chi connectivity index (χ3v) is 7.57. The van der Waals surface area contributed by atoms with Gasteiger partial charge in [0.25, 0.3) is 0 Å². The summed E-state index contributed by atoms with van der Waals surface area (Å²) < 4.78 is 5.48. The molecule has 0 radical (unpaired) electrons. The fourth-order valence-electron chi connectivity index (χ4n) is 6.08. The number of Topliss-reactive ketones (excluding diaryl/α,β-unsaturated/α-hetero) is 1. The fourth-order valence-corrected chi connectivity index (χ4v) is 6.08. The zero-order valence-corrected chi connectivity index (χ0v) is 15.1. The maximum absolute atomic E-state index is 12.4. The number of hydrogen-bond acceptors (Lipinski definition) is 3. The molecule has 4 aliphatic rings. The summed E-state index contributed by atoms with van der Waals surface area (Å²) in [6.07, 6.45) is 11.5. The fraction of sp³-hybridized carbons (Fsp3) is 0.714. The first-order chi connectivity index (χ1) is 11.3. The average molecular weight is 328 g/mol. The smallest absolute Gasteiger partial charge is 0.302 e. The van der Waals surface area contributed by atoms with Gasteiger partial charge in [-0.3, -0.25) is 9.59 Å². The first kappa shape index (κ1) is 16.1. The molecule has 3 fully saturated rings. The van der Waals surface area contributed by atoms with E-state index in [0.29, 0.717) is 17.6 Å². The van der Waals surface area contributed by atoms with Gasteiger partial charge in [-0.05, 0) is 49.4 Å². The first-order valence-electron chi connectivity index (χ1n) is 9.46. The largest absolute Gasteiger partial charge is 0.462 e. The van der Waals surface area contributed by atoms with Crippen LogP contribution in [-0.4, -0.2) is 17.9 Å². The van der Waals surface area contributed by atoms with Gasteiger partial charge in [-0.15, -0.1) is 0 Å². The SMILES string of the molecule is CC(=O)OC1CC[C@@]2(C)C(=CC=C3[C@@H]2CC[C@]2(C)C(=O)CC[C@@H]32)C1. The molecular formula is C21H28O3. The van der Waals surface area contributed by atoms with Crippen molar-refractivity contribution in [1.82, 2.24) is 0 Å². The van der Waals surface area contributed by atoms with Crippen molar-refractivity contribution in [2.45, 2.75) is 71.8 Å². The highest BCUT2D eigenvalue weighted by molar-refractivity contribution is 5.88. The van der Waals surface area contributed by atoms with Crippen molar-refractivity contribution in [3.8, 4) is 0 Å². The van der Waals surface area contributed by atoms with E-state index in [4.69, 9.17) is 4.74 Å². The van der Waals surface area contributed by atoms with Gasteiger partial charge in [-0.2, -0.15) is 0 Å². The number of rotatable bonds is 1. The Morgan fingerprint density at radius 2 is 1.79 bits per heavy atom. The average Bonchev–Trinajstić information content (AvgIpc) is 2.83. The van der Waals surface area contributed by atoms with Crippen LogP contribution in [0, 0.1) is 22.7 Å². The number of carbonyl (C=O) groups is 2. The van der Waals surface area contributed by atoms with E-state index in [1.165, 1.54) is 18.1 Å². The monoisotopic (exact) mass is 328 g/mol. The van der Waals surface area contributed by atoms with Crippen LogP contribution >= 0.6 is 0 Å². The molecule has 0 aromatic heterocycles. The molecule has 4 aliphatic carbocycles. The molecule has 4 rings (SSSR count). The molecule has 3 saturated carbocycles. The lowest BCUT2D eigenvalue weighted by Crippen LogP contribution is -2.46. The topological polar surface area (TPSA) is 43.4 Å². The van der Waals surface area contributed by atoms with E-state index in [9.17, 15) is 9.59 Å². The van der Waals surface area contributed by atoms with Crippen LogP contribution in [0.2, 0.25) is 0 Å². The van der Waals surface area contributed by atoms with Gasteiger partial charge in [0.2, 0.25) is 0 Å². The minimum Gasteiger partial charge on any atom is -0.462 e. The van der Waals surface area contributed by atoms with Gasteiger partial charge in [0.1, 0.15) is 11.9 Å². The van der Waals surface area contributed by atoms with Gasteiger partial charge < -0.3 is 4.74 Å². The van der Waals surface area contributed by atoms with Gasteiger partial charge in [0.05, 0.1) is 0 Å². The summed E-state index contributed by atoms with van der Waals surface area (Å²) in [6, 6.07) is 0. The van der Waals surface area contributed by atoms with E-state index in [2.05, 4.69) is 26.0 Å². The molecule has 3 heteroatoms. The maximum atomic E-state index is 12.4. The maximum Gasteiger partial charge on any atom is 0.302 e. The molecule has 0 bridgehead atoms. The van der Waals surface area contributed by atoms with Crippen molar-refractivity contribution in [1.29, 1.82) is 0 Å². The molecule has 5 atom stereocenters. The van der Waals surface area contributed by atoms with Crippen molar-refractivity contribution in [3.05, 3.63) is 23.3 Å². The summed E-state index contributed by atoms with van der Waals surface area (Å²) in [6.45, 7) is 6.10. The van der Waals surface area contributed by atoms with Crippen LogP contribution in [0.15, 0.2) is 23.3 Å². The third-order valence-electron chi connectivity index (χ3n) is 7.57. The number of carbonyl (C=O) groups excluding carboxylic acids is 2. The first-order valence-corrected chi connectivity index (χ1v) is 9.46. The van der Waals surface area contributed by atoms with E-state index < -0.39 is 0 Å². The Hall–Kier alpha value is -1.38. The lowest BCUT2D eigenvalue weighted by atomic mass is 9.51. The van der Waals surface area contributed by atoms with Crippen molar-refractivity contribution >= 4 is 11.8 Å². The summed E-state index contributed by atoms with van der Waals surface area (Å²) in [5.74, 6) is 1.32. The summed E-state index contributed by atoms with van der Waals surface area (Å²) in [5, 5.41) is 0. The van der Waals surface area contributed by atoms with E-state index >= 15 is 0 Å². The van der Waals surface area contributed by atoms with E-state index in [-0.39, 0.29) is 22.9 Å². The highest BCUT2D eigenvalue weighted by Crippen LogP contribution is 2.62. The normalized spacial score (nSPS) is 44.0.